The van der Waals surface area contributed by atoms with Crippen molar-refractivity contribution in [2.45, 2.75) is 52.9 Å². The van der Waals surface area contributed by atoms with E-state index in [0.29, 0.717) is 0 Å². The molecule has 0 atom stereocenters. The fourth-order valence-electron chi connectivity index (χ4n) is 1.42. The maximum Gasteiger partial charge on any atom is 0 e. The van der Waals surface area contributed by atoms with Gasteiger partial charge in [0.05, 0.1) is 0 Å². The zero-order valence-corrected chi connectivity index (χ0v) is 17.0. The second-order valence-electron chi connectivity index (χ2n) is 4.55. The molecule has 0 nitrogen and oxygen atoms in total. The zero-order chi connectivity index (χ0) is 14.5. The predicted molar refractivity (Wildman–Crippen MR) is 89.4 cm³/mol. The summed E-state index contributed by atoms with van der Waals surface area (Å²) < 4.78 is 0. The van der Waals surface area contributed by atoms with Crippen LogP contribution in [0.15, 0.2) is 36.4 Å². The van der Waals surface area contributed by atoms with Gasteiger partial charge in [0.2, 0.25) is 0 Å². The van der Waals surface area contributed by atoms with Crippen LogP contribution < -0.4 is 0 Å². The summed E-state index contributed by atoms with van der Waals surface area (Å²) in [5.74, 6) is 0. The Balaban J connectivity index is 0. The average molecular weight is 436 g/mol. The largest absolute Gasteiger partial charge is 0.343 e. The normalized spacial score (nSPS) is 8.85. The molecule has 0 saturated carbocycles. The van der Waals surface area contributed by atoms with Crippen LogP contribution in [0.4, 0.5) is 0 Å². The summed E-state index contributed by atoms with van der Waals surface area (Å²) in [4.78, 5) is 0. The van der Waals surface area contributed by atoms with Crippen LogP contribution in [0.2, 0.25) is 0 Å². The Hall–Kier alpha value is -0.300. The first-order valence-corrected chi connectivity index (χ1v) is 7.46. The van der Waals surface area contributed by atoms with Gasteiger partial charge in [0.15, 0.2) is 0 Å². The summed E-state index contributed by atoms with van der Waals surface area (Å²) >= 11 is 0. The first-order chi connectivity index (χ1) is 9.23. The number of benzene rings is 1. The van der Waals surface area contributed by atoms with Gasteiger partial charge in [-0.1, -0.05) is 39.7 Å². The second kappa shape index (κ2) is 15.1. The molecule has 0 radical (unpaired) electrons. The molecule has 0 unspecified atom stereocenters. The smallest absolute Gasteiger partial charge is 0 e. The van der Waals surface area contributed by atoms with Crippen molar-refractivity contribution in [3.8, 4) is 0 Å². The average Bonchev–Trinajstić information content (AvgIpc) is 2.90. The molecule has 0 saturated heterocycles. The van der Waals surface area contributed by atoms with E-state index in [4.69, 9.17) is 0 Å². The molecule has 112 valence electrons. The van der Waals surface area contributed by atoms with Gasteiger partial charge >= 0.3 is 0 Å². The molecule has 0 aliphatic rings. The summed E-state index contributed by atoms with van der Waals surface area (Å²) in [5, 5.41) is 2.73. The molecule has 0 aliphatic heterocycles. The third-order valence-electron chi connectivity index (χ3n) is 2.79. The summed E-state index contributed by atoms with van der Waals surface area (Å²) in [5.41, 5.74) is 1.44. The molecule has 0 aromatic heterocycles. The van der Waals surface area contributed by atoms with Gasteiger partial charge in [0, 0.05) is 25.8 Å². The molecule has 2 rings (SSSR count). The van der Waals surface area contributed by atoms with Gasteiger partial charge in [0.25, 0.3) is 0 Å². The maximum absolute atomic E-state index is 3.60. The van der Waals surface area contributed by atoms with Crippen molar-refractivity contribution in [3.63, 3.8) is 0 Å². The van der Waals surface area contributed by atoms with Crippen molar-refractivity contribution in [1.29, 1.82) is 0 Å². The van der Waals surface area contributed by atoms with Crippen molar-refractivity contribution < 1.29 is 25.8 Å². The molecular formula is C19H29Hf-3. The third kappa shape index (κ3) is 9.58. The topological polar surface area (TPSA) is 0 Å². The number of aryl methyl sites for hydroxylation is 1. The Morgan fingerprint density at radius 1 is 0.950 bits per heavy atom. The molecule has 20 heavy (non-hydrogen) atoms. The van der Waals surface area contributed by atoms with E-state index < -0.39 is 0 Å². The quantitative estimate of drug-likeness (QED) is 0.388. The molecule has 0 N–H and O–H groups in total. The van der Waals surface area contributed by atoms with Gasteiger partial charge in [-0.3, -0.25) is 0 Å². The van der Waals surface area contributed by atoms with Crippen LogP contribution in [0.1, 0.15) is 52.0 Å². The van der Waals surface area contributed by atoms with Crippen LogP contribution in [-0.2, 0) is 32.3 Å². The van der Waals surface area contributed by atoms with Crippen molar-refractivity contribution in [2.75, 3.05) is 0 Å². The summed E-state index contributed by atoms with van der Waals surface area (Å²) in [6, 6.07) is 13.0. The van der Waals surface area contributed by atoms with Crippen LogP contribution in [0.25, 0.3) is 10.8 Å². The van der Waals surface area contributed by atoms with Crippen LogP contribution in [0, 0.1) is 13.8 Å². The van der Waals surface area contributed by atoms with E-state index in [1.807, 2.05) is 0 Å². The fraction of sp³-hybridized carbons (Fsp3) is 0.421. The van der Waals surface area contributed by atoms with Crippen LogP contribution >= 0.6 is 0 Å². The second-order valence-corrected chi connectivity index (χ2v) is 4.55. The maximum atomic E-state index is 3.60. The van der Waals surface area contributed by atoms with Crippen molar-refractivity contribution in [3.05, 3.63) is 55.8 Å². The van der Waals surface area contributed by atoms with Gasteiger partial charge < -0.3 is 13.8 Å². The van der Waals surface area contributed by atoms with E-state index >= 15 is 0 Å². The van der Waals surface area contributed by atoms with E-state index in [0.717, 1.165) is 19.3 Å². The SMILES string of the molecule is CCc1cc2ccccc2[cH-]1.[CH2-]CCC.[CH2-]CCC.[Hf]. The van der Waals surface area contributed by atoms with E-state index in [1.54, 1.807) is 0 Å². The number of rotatable bonds is 3. The minimum absolute atomic E-state index is 0. The summed E-state index contributed by atoms with van der Waals surface area (Å²) in [7, 11) is 0. The van der Waals surface area contributed by atoms with Crippen molar-refractivity contribution in [1.82, 2.24) is 0 Å². The molecule has 0 heterocycles. The molecule has 2 aromatic rings. The third-order valence-corrected chi connectivity index (χ3v) is 2.79. The molecule has 0 fully saturated rings. The standard InChI is InChI=1S/C11H11.2C4H9.Hf/c1-2-9-7-10-5-3-4-6-11(10)8-9;2*1-3-4-2;/h3-8H,2H2,1H3;2*1,3-4H2,2H3;/q3*-1;. The minimum atomic E-state index is 0. The van der Waals surface area contributed by atoms with Gasteiger partial charge in [0.1, 0.15) is 0 Å². The Labute approximate surface area is 145 Å². The first-order valence-electron chi connectivity index (χ1n) is 7.46. The van der Waals surface area contributed by atoms with Gasteiger partial charge in [-0.05, 0) is 6.42 Å². The molecular weight excluding hydrogens is 407 g/mol. The predicted octanol–water partition coefficient (Wildman–Crippen LogP) is 6.36. The summed E-state index contributed by atoms with van der Waals surface area (Å²) in [6.45, 7) is 13.6. The number of hydrogen-bond donors (Lipinski definition) is 0. The van der Waals surface area contributed by atoms with Gasteiger partial charge in [-0.15, -0.1) is 40.6 Å². The van der Waals surface area contributed by atoms with Crippen molar-refractivity contribution in [2.24, 2.45) is 0 Å². The minimum Gasteiger partial charge on any atom is -0.343 e. The number of hydrogen-bond acceptors (Lipinski definition) is 0. The van der Waals surface area contributed by atoms with Crippen LogP contribution in [0.3, 0.4) is 0 Å². The zero-order valence-electron chi connectivity index (χ0n) is 13.4. The van der Waals surface area contributed by atoms with E-state index in [2.05, 4.69) is 71.0 Å². The Kier molecular flexibility index (Phi) is 16.6. The molecule has 0 spiro atoms. The Morgan fingerprint density at radius 2 is 1.45 bits per heavy atom. The monoisotopic (exact) mass is 437 g/mol. The van der Waals surface area contributed by atoms with Gasteiger partial charge in [-0.2, -0.15) is 18.9 Å². The number of fused-ring (bicyclic) bond motifs is 1. The van der Waals surface area contributed by atoms with E-state index in [-0.39, 0.29) is 25.8 Å². The molecule has 0 amide bonds. The molecule has 2 aromatic carbocycles. The molecule has 0 bridgehead atoms. The Morgan fingerprint density at radius 3 is 1.85 bits per heavy atom. The van der Waals surface area contributed by atoms with E-state index in [1.165, 1.54) is 29.2 Å². The molecule has 1 heteroatoms. The molecule has 0 aliphatic carbocycles. The van der Waals surface area contributed by atoms with Crippen LogP contribution in [0.5, 0.6) is 0 Å². The Bertz CT molecular complexity index is 373. The van der Waals surface area contributed by atoms with Crippen LogP contribution in [-0.4, -0.2) is 0 Å². The van der Waals surface area contributed by atoms with Crippen molar-refractivity contribution >= 4 is 10.8 Å². The van der Waals surface area contributed by atoms with E-state index in [9.17, 15) is 0 Å². The fourth-order valence-corrected chi connectivity index (χ4v) is 1.42. The van der Waals surface area contributed by atoms with Gasteiger partial charge in [-0.25, -0.2) is 0 Å². The number of unbranched alkanes of at least 4 members (excludes halogenated alkanes) is 2. The summed E-state index contributed by atoms with van der Waals surface area (Å²) in [6.07, 6.45) is 5.69. The first kappa shape index (κ1) is 22.0.